The number of aromatic amines is 1. The lowest BCUT2D eigenvalue weighted by Gasteiger charge is -2.12. The van der Waals surface area contributed by atoms with E-state index in [1.54, 1.807) is 48.5 Å². The summed E-state index contributed by atoms with van der Waals surface area (Å²) in [6.07, 6.45) is 1.29. The quantitative estimate of drug-likeness (QED) is 0.0716. The Labute approximate surface area is 277 Å². The molecule has 0 fully saturated rings. The van der Waals surface area contributed by atoms with Crippen molar-refractivity contribution >= 4 is 78.4 Å². The third-order valence-corrected chi connectivity index (χ3v) is 7.78. The highest BCUT2D eigenvalue weighted by Gasteiger charge is 2.23. The van der Waals surface area contributed by atoms with Crippen molar-refractivity contribution in [2.75, 3.05) is 7.11 Å². The first-order valence-electron chi connectivity index (χ1n) is 13.0. The summed E-state index contributed by atoms with van der Waals surface area (Å²) in [6.45, 7) is 1.25. The number of para-hydroxylation sites is 1. The number of rotatable bonds is 8. The summed E-state index contributed by atoms with van der Waals surface area (Å²) in [4.78, 5) is 40.7. The molecule has 0 unspecified atom stereocenters. The number of carbonyl (C=O) groups excluding carboxylic acids is 3. The smallest absolute Gasteiger partial charge is 0.343 e. The summed E-state index contributed by atoms with van der Waals surface area (Å²) in [7, 11) is 1.37. The molecule has 228 valence electrons. The molecule has 9 nitrogen and oxygen atoms in total. The van der Waals surface area contributed by atoms with E-state index in [0.717, 1.165) is 0 Å². The van der Waals surface area contributed by atoms with Gasteiger partial charge in [0.2, 0.25) is 0 Å². The van der Waals surface area contributed by atoms with Crippen LogP contribution in [0.25, 0.3) is 22.0 Å². The SMILES string of the molecule is COc1cc(C(=O)Oc2c(Br)cc(Br)cc2C=NNC(=O)c2[nH]c3c(F)cccc3c2-c2ccccc2Cl)ccc1OC(C)=O. The fourth-order valence-corrected chi connectivity index (χ4v) is 6.05. The summed E-state index contributed by atoms with van der Waals surface area (Å²) in [6, 6.07) is 18.9. The molecule has 1 heterocycles. The number of hydrogen-bond donors (Lipinski definition) is 2. The lowest BCUT2D eigenvalue weighted by Crippen LogP contribution is -2.19. The van der Waals surface area contributed by atoms with Crippen LogP contribution in [0.5, 0.6) is 17.2 Å². The summed E-state index contributed by atoms with van der Waals surface area (Å²) < 4.78 is 31.7. The van der Waals surface area contributed by atoms with Crippen LogP contribution in [0.15, 0.2) is 86.8 Å². The van der Waals surface area contributed by atoms with Gasteiger partial charge < -0.3 is 19.2 Å². The van der Waals surface area contributed by atoms with E-state index in [0.29, 0.717) is 36.0 Å². The van der Waals surface area contributed by atoms with Crippen molar-refractivity contribution in [2.45, 2.75) is 6.92 Å². The minimum Gasteiger partial charge on any atom is -0.493 e. The van der Waals surface area contributed by atoms with E-state index in [9.17, 15) is 18.8 Å². The largest absolute Gasteiger partial charge is 0.493 e. The Balaban J connectivity index is 1.43. The Kier molecular flexibility index (Phi) is 9.66. The van der Waals surface area contributed by atoms with Gasteiger partial charge in [0.15, 0.2) is 17.2 Å². The number of amides is 1. The van der Waals surface area contributed by atoms with Gasteiger partial charge in [-0.15, -0.1) is 0 Å². The predicted molar refractivity (Wildman–Crippen MR) is 175 cm³/mol. The molecule has 0 aliphatic carbocycles. The van der Waals surface area contributed by atoms with Crippen molar-refractivity contribution in [3.63, 3.8) is 0 Å². The van der Waals surface area contributed by atoms with Gasteiger partial charge in [0.25, 0.3) is 5.91 Å². The van der Waals surface area contributed by atoms with Crippen molar-refractivity contribution in [3.8, 4) is 28.4 Å². The van der Waals surface area contributed by atoms with E-state index < -0.39 is 23.7 Å². The third kappa shape index (κ3) is 6.93. The first-order chi connectivity index (χ1) is 21.6. The Hall–Kier alpha value is -4.52. The second-order valence-electron chi connectivity index (χ2n) is 9.37. The number of nitrogens with zero attached hydrogens (tertiary/aromatic N) is 1. The zero-order chi connectivity index (χ0) is 32.2. The molecule has 0 aliphatic rings. The van der Waals surface area contributed by atoms with Crippen LogP contribution in [-0.4, -0.2) is 36.2 Å². The van der Waals surface area contributed by atoms with Crippen LogP contribution in [0, 0.1) is 5.82 Å². The number of aromatic nitrogens is 1. The van der Waals surface area contributed by atoms with Crippen molar-refractivity contribution in [3.05, 3.63) is 109 Å². The molecule has 13 heteroatoms. The molecule has 0 atom stereocenters. The first-order valence-corrected chi connectivity index (χ1v) is 15.0. The summed E-state index contributed by atoms with van der Waals surface area (Å²) >= 11 is 13.2. The highest BCUT2D eigenvalue weighted by molar-refractivity contribution is 9.11. The number of ether oxygens (including phenoxy) is 3. The van der Waals surface area contributed by atoms with E-state index in [-0.39, 0.29) is 34.0 Å². The van der Waals surface area contributed by atoms with Gasteiger partial charge in [0, 0.05) is 38.5 Å². The monoisotopic (exact) mass is 755 g/mol. The van der Waals surface area contributed by atoms with Gasteiger partial charge in [0.1, 0.15) is 11.5 Å². The maximum absolute atomic E-state index is 14.7. The second-order valence-corrected chi connectivity index (χ2v) is 11.5. The van der Waals surface area contributed by atoms with Crippen LogP contribution in [0.2, 0.25) is 5.02 Å². The number of benzene rings is 4. The first kappa shape index (κ1) is 31.9. The topological polar surface area (TPSA) is 119 Å². The Morgan fingerprint density at radius 1 is 0.978 bits per heavy atom. The Morgan fingerprint density at radius 2 is 1.76 bits per heavy atom. The molecule has 0 saturated heterocycles. The molecule has 0 radical (unpaired) electrons. The average molecular weight is 758 g/mol. The van der Waals surface area contributed by atoms with Crippen LogP contribution in [-0.2, 0) is 4.79 Å². The lowest BCUT2D eigenvalue weighted by atomic mass is 10.0. The fourth-order valence-electron chi connectivity index (χ4n) is 4.48. The van der Waals surface area contributed by atoms with Gasteiger partial charge in [-0.3, -0.25) is 9.59 Å². The van der Waals surface area contributed by atoms with Crippen molar-refractivity contribution in [2.24, 2.45) is 5.10 Å². The van der Waals surface area contributed by atoms with Crippen molar-refractivity contribution in [1.29, 1.82) is 0 Å². The van der Waals surface area contributed by atoms with Crippen LogP contribution in [0.3, 0.4) is 0 Å². The minimum atomic E-state index is -0.742. The number of fused-ring (bicyclic) bond motifs is 1. The van der Waals surface area contributed by atoms with Crippen LogP contribution in [0.4, 0.5) is 4.39 Å². The molecule has 45 heavy (non-hydrogen) atoms. The van der Waals surface area contributed by atoms with Crippen molar-refractivity contribution < 1.29 is 33.0 Å². The predicted octanol–water partition coefficient (Wildman–Crippen LogP) is 8.07. The normalized spacial score (nSPS) is 11.1. The second kappa shape index (κ2) is 13.6. The maximum Gasteiger partial charge on any atom is 0.343 e. The van der Waals surface area contributed by atoms with E-state index in [1.807, 2.05) is 0 Å². The average Bonchev–Trinajstić information content (AvgIpc) is 3.39. The molecule has 0 bridgehead atoms. The molecule has 5 aromatic rings. The van der Waals surface area contributed by atoms with Crippen LogP contribution >= 0.6 is 43.5 Å². The van der Waals surface area contributed by atoms with Gasteiger partial charge in [-0.05, 0) is 58.4 Å². The highest BCUT2D eigenvalue weighted by Crippen LogP contribution is 2.38. The number of methoxy groups -OCH3 is 1. The zero-order valence-electron chi connectivity index (χ0n) is 23.4. The van der Waals surface area contributed by atoms with Crippen LogP contribution < -0.4 is 19.6 Å². The number of H-pyrrole nitrogens is 1. The van der Waals surface area contributed by atoms with Gasteiger partial charge in [0.05, 0.1) is 28.9 Å². The number of esters is 2. The molecule has 4 aromatic carbocycles. The van der Waals surface area contributed by atoms with Gasteiger partial charge in [-0.25, -0.2) is 14.6 Å². The number of carbonyl (C=O) groups is 3. The number of halogens is 4. The zero-order valence-corrected chi connectivity index (χ0v) is 27.3. The standard InChI is InChI=1S/C32H21Br2ClFN3O6/c1-16(40)44-25-11-10-17(13-26(25)43-2)32(42)45-30-18(12-19(33)14-22(30)34)15-37-39-31(41)29-27(20-6-3-4-8-23(20)35)21-7-5-9-24(36)28(21)38-29/h3-15,38H,1-2H3,(H,39,41). The van der Waals surface area contributed by atoms with E-state index in [4.69, 9.17) is 25.8 Å². The molecule has 0 saturated carbocycles. The van der Waals surface area contributed by atoms with Crippen molar-refractivity contribution in [1.82, 2.24) is 10.4 Å². The molecule has 5 rings (SSSR count). The Morgan fingerprint density at radius 3 is 2.49 bits per heavy atom. The minimum absolute atomic E-state index is 0.0496. The number of nitrogens with one attached hydrogen (secondary N) is 2. The van der Waals surface area contributed by atoms with E-state index in [2.05, 4.69) is 47.4 Å². The lowest BCUT2D eigenvalue weighted by molar-refractivity contribution is -0.132. The fraction of sp³-hybridized carbons (Fsp3) is 0.0625. The van der Waals surface area contributed by atoms with Crippen LogP contribution in [0.1, 0.15) is 33.3 Å². The molecular weight excluding hydrogens is 737 g/mol. The molecule has 1 amide bonds. The molecule has 1 aromatic heterocycles. The van der Waals surface area contributed by atoms with Gasteiger partial charge in [-0.1, -0.05) is 57.9 Å². The Bertz CT molecular complexity index is 2010. The van der Waals surface area contributed by atoms with E-state index >= 15 is 0 Å². The maximum atomic E-state index is 14.7. The summed E-state index contributed by atoms with van der Waals surface area (Å²) in [5.41, 5.74) is 4.03. The van der Waals surface area contributed by atoms with Gasteiger partial charge in [-0.2, -0.15) is 5.10 Å². The molecule has 0 aliphatic heterocycles. The number of hydrazone groups is 1. The third-order valence-electron chi connectivity index (χ3n) is 6.41. The van der Waals surface area contributed by atoms with Gasteiger partial charge >= 0.3 is 11.9 Å². The summed E-state index contributed by atoms with van der Waals surface area (Å²) in [5.74, 6) is -2.08. The molecule has 0 spiro atoms. The molecular formula is C32H21Br2ClFN3O6. The highest BCUT2D eigenvalue weighted by atomic mass is 79.9. The summed E-state index contributed by atoms with van der Waals surface area (Å²) in [5, 5.41) is 4.94. The number of hydrogen-bond acceptors (Lipinski definition) is 7. The van der Waals surface area contributed by atoms with E-state index in [1.165, 1.54) is 44.5 Å². The molecule has 2 N–H and O–H groups in total.